The molecule has 1 aliphatic carbocycles. The molecule has 0 aromatic heterocycles. The van der Waals surface area contributed by atoms with Crippen LogP contribution in [0.15, 0.2) is 66.8 Å². The molecule has 0 radical (unpaired) electrons. The maximum Gasteiger partial charge on any atom is 0.331 e. The number of anilines is 1. The van der Waals surface area contributed by atoms with Gasteiger partial charge in [-0.3, -0.25) is 14.4 Å². The summed E-state index contributed by atoms with van der Waals surface area (Å²) >= 11 is 0. The van der Waals surface area contributed by atoms with Crippen LogP contribution in [0, 0.1) is 0 Å². The normalized spacial score (nSPS) is 12.8. The van der Waals surface area contributed by atoms with Crippen LogP contribution in [0.25, 0.3) is 0 Å². The van der Waals surface area contributed by atoms with E-state index in [1.165, 1.54) is 18.2 Å². The highest BCUT2D eigenvalue weighted by Crippen LogP contribution is 2.31. The van der Waals surface area contributed by atoms with Crippen molar-refractivity contribution in [3.63, 3.8) is 0 Å². The first-order valence-corrected chi connectivity index (χ1v) is 8.60. The molecule has 0 aliphatic heterocycles. The van der Waals surface area contributed by atoms with Gasteiger partial charge >= 0.3 is 5.97 Å². The number of carbonyl (C=O) groups is 4. The molecule has 0 heterocycles. The molecule has 6 nitrogen and oxygen atoms in total. The van der Waals surface area contributed by atoms with Gasteiger partial charge in [-0.15, -0.1) is 0 Å². The highest BCUT2D eigenvalue weighted by molar-refractivity contribution is 6.30. The van der Waals surface area contributed by atoms with Crippen LogP contribution >= 0.6 is 0 Å². The molecule has 0 unspecified atom stereocenters. The predicted molar refractivity (Wildman–Crippen MR) is 103 cm³/mol. The molecule has 0 atom stereocenters. The first kappa shape index (κ1) is 19.0. The summed E-state index contributed by atoms with van der Waals surface area (Å²) in [6, 6.07) is 11.2. The molecule has 0 fully saturated rings. The van der Waals surface area contributed by atoms with Gasteiger partial charge < -0.3 is 10.1 Å². The number of hydrogen-bond donors (Lipinski definition) is 1. The molecule has 140 valence electrons. The van der Waals surface area contributed by atoms with Crippen molar-refractivity contribution in [2.24, 2.45) is 0 Å². The summed E-state index contributed by atoms with van der Waals surface area (Å²) < 4.78 is 4.85. The Morgan fingerprint density at radius 2 is 1.61 bits per heavy atom. The van der Waals surface area contributed by atoms with Crippen LogP contribution in [0.2, 0.25) is 0 Å². The lowest BCUT2D eigenvalue weighted by atomic mass is 9.83. The molecule has 0 saturated heterocycles. The number of hydrogen-bond acceptors (Lipinski definition) is 5. The van der Waals surface area contributed by atoms with Gasteiger partial charge in [0.1, 0.15) is 0 Å². The first-order chi connectivity index (χ1) is 13.5. The van der Waals surface area contributed by atoms with Gasteiger partial charge in [0.25, 0.3) is 5.91 Å². The number of ketones is 2. The van der Waals surface area contributed by atoms with Gasteiger partial charge in [-0.25, -0.2) is 4.79 Å². The van der Waals surface area contributed by atoms with E-state index in [0.717, 1.165) is 0 Å². The molecule has 6 heteroatoms. The molecular formula is C22H17NO5. The molecule has 1 amide bonds. The Hall–Kier alpha value is -3.80. The van der Waals surface area contributed by atoms with E-state index in [0.29, 0.717) is 11.1 Å². The molecule has 0 spiro atoms. The molecular weight excluding hydrogens is 358 g/mol. The van der Waals surface area contributed by atoms with Crippen LogP contribution in [0.3, 0.4) is 0 Å². The van der Waals surface area contributed by atoms with E-state index in [-0.39, 0.29) is 28.4 Å². The van der Waals surface area contributed by atoms with Crippen molar-refractivity contribution in [3.8, 4) is 0 Å². The molecule has 3 rings (SSSR count). The summed E-state index contributed by atoms with van der Waals surface area (Å²) in [4.78, 5) is 49.2. The quantitative estimate of drug-likeness (QED) is 0.420. The maximum atomic E-state index is 12.9. The number of ether oxygens (including phenoxy) is 1. The second-order valence-electron chi connectivity index (χ2n) is 5.97. The Morgan fingerprint density at radius 1 is 0.929 bits per heavy atom. The average Bonchev–Trinajstić information content (AvgIpc) is 2.70. The van der Waals surface area contributed by atoms with E-state index >= 15 is 0 Å². The third-order valence-corrected chi connectivity index (χ3v) is 4.11. The Balaban J connectivity index is 1.78. The Bertz CT molecular complexity index is 1030. The van der Waals surface area contributed by atoms with Crippen molar-refractivity contribution in [2.45, 2.75) is 6.92 Å². The summed E-state index contributed by atoms with van der Waals surface area (Å²) in [5.74, 6) is -1.89. The van der Waals surface area contributed by atoms with E-state index in [9.17, 15) is 19.2 Å². The molecule has 28 heavy (non-hydrogen) atoms. The lowest BCUT2D eigenvalue weighted by Crippen LogP contribution is -2.25. The fourth-order valence-electron chi connectivity index (χ4n) is 2.87. The van der Waals surface area contributed by atoms with Gasteiger partial charge in [-0.1, -0.05) is 54.6 Å². The lowest BCUT2D eigenvalue weighted by molar-refractivity contribution is -0.142. The Morgan fingerprint density at radius 3 is 2.32 bits per heavy atom. The van der Waals surface area contributed by atoms with Gasteiger partial charge in [0.05, 0.1) is 11.3 Å². The Kier molecular flexibility index (Phi) is 5.60. The van der Waals surface area contributed by atoms with E-state index in [4.69, 9.17) is 4.74 Å². The third kappa shape index (κ3) is 3.81. The van der Waals surface area contributed by atoms with Gasteiger partial charge in [-0.2, -0.15) is 0 Å². The topological polar surface area (TPSA) is 89.5 Å². The summed E-state index contributed by atoms with van der Waals surface area (Å²) in [5.41, 5.74) is 1.20. The third-order valence-electron chi connectivity index (χ3n) is 4.11. The van der Waals surface area contributed by atoms with Gasteiger partial charge in [0.2, 0.25) is 0 Å². The van der Waals surface area contributed by atoms with Crippen molar-refractivity contribution >= 4 is 29.1 Å². The zero-order valence-electron chi connectivity index (χ0n) is 15.1. The number of amides is 1. The van der Waals surface area contributed by atoms with E-state index in [2.05, 4.69) is 5.32 Å². The average molecular weight is 375 g/mol. The van der Waals surface area contributed by atoms with Crippen LogP contribution < -0.4 is 5.32 Å². The number of rotatable bonds is 5. The van der Waals surface area contributed by atoms with Gasteiger partial charge in [-0.05, 0) is 13.0 Å². The minimum atomic E-state index is -0.663. The zero-order chi connectivity index (χ0) is 20.1. The monoisotopic (exact) mass is 375 g/mol. The van der Waals surface area contributed by atoms with Gasteiger partial charge in [0, 0.05) is 22.8 Å². The van der Waals surface area contributed by atoms with Crippen LogP contribution in [0.5, 0.6) is 0 Å². The largest absolute Gasteiger partial charge is 0.452 e. The molecule has 1 N–H and O–H groups in total. The van der Waals surface area contributed by atoms with Crippen LogP contribution in [0.1, 0.15) is 38.8 Å². The Labute approximate surface area is 161 Å². The summed E-state index contributed by atoms with van der Waals surface area (Å²) in [7, 11) is 0. The summed E-state index contributed by atoms with van der Waals surface area (Å²) in [5, 5.41) is 2.55. The van der Waals surface area contributed by atoms with Crippen molar-refractivity contribution in [1.82, 2.24) is 0 Å². The van der Waals surface area contributed by atoms with Crippen LogP contribution in [-0.4, -0.2) is 30.0 Å². The minimum absolute atomic E-state index is 0.138. The van der Waals surface area contributed by atoms with Crippen molar-refractivity contribution in [3.05, 3.63) is 89.0 Å². The van der Waals surface area contributed by atoms with Crippen LogP contribution in [0.4, 0.5) is 5.69 Å². The molecule has 0 bridgehead atoms. The minimum Gasteiger partial charge on any atom is -0.452 e. The number of carbonyl (C=O) groups excluding carboxylic acids is 4. The fourth-order valence-corrected chi connectivity index (χ4v) is 2.87. The highest BCUT2D eigenvalue weighted by Gasteiger charge is 2.31. The van der Waals surface area contributed by atoms with E-state index < -0.39 is 18.5 Å². The predicted octanol–water partition coefficient (Wildman–Crippen LogP) is 3.08. The molecule has 1 aliphatic rings. The number of nitrogens with one attached hydrogen (secondary N) is 1. The first-order valence-electron chi connectivity index (χ1n) is 8.60. The number of benzene rings is 2. The SMILES string of the molecule is C/C=C/C=C/C(=O)OCC(=O)Nc1cccc2c1C(=O)c1ccccc1C2=O. The van der Waals surface area contributed by atoms with E-state index in [1.807, 2.05) is 0 Å². The van der Waals surface area contributed by atoms with Gasteiger partial charge in [0.15, 0.2) is 18.2 Å². The standard InChI is InChI=1S/C22H17NO5/c1-2-3-4-12-19(25)28-13-18(24)23-17-11-7-10-16-20(17)22(27)15-9-6-5-8-14(15)21(16)26/h2-12H,13H2,1H3,(H,23,24)/b3-2+,12-4+. The molecule has 2 aromatic rings. The smallest absolute Gasteiger partial charge is 0.331 e. The maximum absolute atomic E-state index is 12.9. The van der Waals surface area contributed by atoms with E-state index in [1.54, 1.807) is 55.5 Å². The van der Waals surface area contributed by atoms with Crippen molar-refractivity contribution in [2.75, 3.05) is 11.9 Å². The summed E-state index contributed by atoms with van der Waals surface area (Å²) in [6.07, 6.45) is 6.08. The second-order valence-corrected chi connectivity index (χ2v) is 5.97. The van der Waals surface area contributed by atoms with Crippen LogP contribution in [-0.2, 0) is 14.3 Å². The lowest BCUT2D eigenvalue weighted by Gasteiger charge is -2.20. The summed E-state index contributed by atoms with van der Waals surface area (Å²) in [6.45, 7) is 1.29. The fraction of sp³-hybridized carbons (Fsp3) is 0.0909. The second kappa shape index (κ2) is 8.26. The van der Waals surface area contributed by atoms with Crippen molar-refractivity contribution in [1.29, 1.82) is 0 Å². The van der Waals surface area contributed by atoms with Crippen molar-refractivity contribution < 1.29 is 23.9 Å². The number of esters is 1. The number of allylic oxidation sites excluding steroid dienone is 3. The molecule has 2 aromatic carbocycles. The number of fused-ring (bicyclic) bond motifs is 2. The molecule has 0 saturated carbocycles. The highest BCUT2D eigenvalue weighted by atomic mass is 16.5. The zero-order valence-corrected chi connectivity index (χ0v) is 15.1.